The monoisotopic (exact) mass is 280 g/mol. The van der Waals surface area contributed by atoms with Gasteiger partial charge >= 0.3 is 5.69 Å². The largest absolute Gasteiger partial charge is 0.383 e. The van der Waals surface area contributed by atoms with E-state index in [1.807, 2.05) is 0 Å². The van der Waals surface area contributed by atoms with Crippen molar-refractivity contribution >= 4 is 17.4 Å². The fourth-order valence-electron chi connectivity index (χ4n) is 1.59. The number of methoxy groups -OCH3 is 1. The van der Waals surface area contributed by atoms with Gasteiger partial charge in [-0.15, -0.1) is 0 Å². The lowest BCUT2D eigenvalue weighted by molar-refractivity contribution is -0.121. The molecular weight excluding hydrogens is 264 g/mol. The molecule has 0 atom stereocenters. The summed E-state index contributed by atoms with van der Waals surface area (Å²) < 4.78 is 6.13. The molecule has 0 fully saturated rings. The van der Waals surface area contributed by atoms with E-state index in [-0.39, 0.29) is 11.6 Å². The number of hydrogen-bond acceptors (Lipinski definition) is 6. The van der Waals surface area contributed by atoms with Crippen molar-refractivity contribution in [2.75, 3.05) is 32.1 Å². The predicted molar refractivity (Wildman–Crippen MR) is 71.6 cm³/mol. The molecule has 0 aliphatic heterocycles. The molecule has 0 radical (unpaired) electrons. The maximum atomic E-state index is 11.4. The van der Waals surface area contributed by atoms with Crippen LogP contribution >= 0.6 is 0 Å². The molecule has 108 valence electrons. The van der Waals surface area contributed by atoms with Gasteiger partial charge in [-0.1, -0.05) is 0 Å². The molecule has 0 unspecified atom stereocenters. The van der Waals surface area contributed by atoms with Gasteiger partial charge in [-0.3, -0.25) is 4.79 Å². The average Bonchev–Trinajstić information content (AvgIpc) is 2.80. The van der Waals surface area contributed by atoms with Crippen LogP contribution < -0.4 is 16.3 Å². The van der Waals surface area contributed by atoms with E-state index in [1.54, 1.807) is 13.2 Å². The van der Waals surface area contributed by atoms with Gasteiger partial charge < -0.3 is 15.4 Å². The highest BCUT2D eigenvalue weighted by Gasteiger charge is 2.03. The average molecular weight is 280 g/mol. The molecule has 2 rings (SSSR count). The molecular formula is C11H16N6O3. The third-order valence-corrected chi connectivity index (χ3v) is 2.60. The molecule has 9 nitrogen and oxygen atoms in total. The van der Waals surface area contributed by atoms with Crippen LogP contribution in [0.5, 0.6) is 0 Å². The maximum Gasteiger partial charge on any atom is 0.348 e. The normalized spacial score (nSPS) is 10.7. The number of aromatic amines is 1. The molecule has 0 spiro atoms. The fourth-order valence-corrected chi connectivity index (χ4v) is 1.59. The minimum atomic E-state index is -0.337. The standard InChI is InChI=1S/C11H16N6O3/c1-20-5-4-13-10(18)2-3-12-8-6-9-15-16-11(19)17(9)7-14-8/h6-7,12H,2-5H2,1H3,(H,13,18)(H,16,19). The lowest BCUT2D eigenvalue weighted by Crippen LogP contribution is -2.28. The van der Waals surface area contributed by atoms with Crippen LogP contribution in [0.25, 0.3) is 5.65 Å². The molecule has 0 aromatic carbocycles. The number of nitrogens with zero attached hydrogens (tertiary/aromatic N) is 3. The van der Waals surface area contributed by atoms with Gasteiger partial charge in [0.1, 0.15) is 12.1 Å². The summed E-state index contributed by atoms with van der Waals surface area (Å²) in [6.45, 7) is 1.43. The number of amides is 1. The first-order valence-corrected chi connectivity index (χ1v) is 6.13. The van der Waals surface area contributed by atoms with Crippen LogP contribution in [-0.4, -0.2) is 52.3 Å². The molecule has 0 aliphatic rings. The molecule has 20 heavy (non-hydrogen) atoms. The third kappa shape index (κ3) is 3.54. The molecule has 9 heteroatoms. The SMILES string of the molecule is COCCNC(=O)CCNc1cc2n[nH]c(=O)n2cn1. The number of rotatable bonds is 7. The van der Waals surface area contributed by atoms with E-state index < -0.39 is 0 Å². The molecule has 2 heterocycles. The molecule has 0 saturated heterocycles. The van der Waals surface area contributed by atoms with Gasteiger partial charge in [-0.25, -0.2) is 19.3 Å². The third-order valence-electron chi connectivity index (χ3n) is 2.60. The van der Waals surface area contributed by atoms with Gasteiger partial charge in [-0.05, 0) is 0 Å². The first kappa shape index (κ1) is 14.0. The summed E-state index contributed by atoms with van der Waals surface area (Å²) in [6, 6.07) is 1.63. The molecule has 0 aliphatic carbocycles. The number of aromatic nitrogens is 4. The van der Waals surface area contributed by atoms with Crippen molar-refractivity contribution in [3.63, 3.8) is 0 Å². The Kier molecular flexibility index (Phi) is 4.66. The molecule has 3 N–H and O–H groups in total. The Balaban J connectivity index is 1.80. The van der Waals surface area contributed by atoms with E-state index in [1.165, 1.54) is 10.7 Å². The Bertz CT molecular complexity index is 634. The minimum Gasteiger partial charge on any atom is -0.383 e. The summed E-state index contributed by atoms with van der Waals surface area (Å²) in [5, 5.41) is 11.9. The van der Waals surface area contributed by atoms with Crippen LogP contribution in [0.2, 0.25) is 0 Å². The van der Waals surface area contributed by atoms with Crippen molar-refractivity contribution in [1.82, 2.24) is 24.9 Å². The number of H-pyrrole nitrogens is 1. The quantitative estimate of drug-likeness (QED) is 0.560. The molecule has 0 bridgehead atoms. The summed E-state index contributed by atoms with van der Waals surface area (Å²) in [5.41, 5.74) is 0.133. The van der Waals surface area contributed by atoms with Gasteiger partial charge in [0, 0.05) is 32.7 Å². The Morgan fingerprint density at radius 2 is 2.35 bits per heavy atom. The van der Waals surface area contributed by atoms with E-state index in [0.717, 1.165) is 0 Å². The van der Waals surface area contributed by atoms with Gasteiger partial charge in [0.2, 0.25) is 5.91 Å². The van der Waals surface area contributed by atoms with Crippen molar-refractivity contribution in [1.29, 1.82) is 0 Å². The Morgan fingerprint density at radius 3 is 3.15 bits per heavy atom. The van der Waals surface area contributed by atoms with E-state index >= 15 is 0 Å². The first-order chi connectivity index (χ1) is 9.70. The zero-order valence-corrected chi connectivity index (χ0v) is 11.0. The van der Waals surface area contributed by atoms with Crippen LogP contribution in [0.3, 0.4) is 0 Å². The molecule has 0 saturated carbocycles. The number of carbonyl (C=O) groups excluding carboxylic acids is 1. The first-order valence-electron chi connectivity index (χ1n) is 6.13. The van der Waals surface area contributed by atoms with Crippen molar-refractivity contribution in [3.8, 4) is 0 Å². The predicted octanol–water partition coefficient (Wildman–Crippen LogP) is -1.02. The van der Waals surface area contributed by atoms with E-state index in [9.17, 15) is 9.59 Å². The summed E-state index contributed by atoms with van der Waals surface area (Å²) >= 11 is 0. The Hall–Kier alpha value is -2.42. The highest BCUT2D eigenvalue weighted by Crippen LogP contribution is 2.03. The lowest BCUT2D eigenvalue weighted by Gasteiger charge is -2.06. The summed E-state index contributed by atoms with van der Waals surface area (Å²) in [7, 11) is 1.58. The maximum absolute atomic E-state index is 11.4. The number of carbonyl (C=O) groups is 1. The van der Waals surface area contributed by atoms with Crippen molar-refractivity contribution < 1.29 is 9.53 Å². The zero-order chi connectivity index (χ0) is 14.4. The second-order valence-corrected chi connectivity index (χ2v) is 4.05. The second kappa shape index (κ2) is 6.66. The minimum absolute atomic E-state index is 0.0633. The van der Waals surface area contributed by atoms with Gasteiger partial charge in [-0.2, -0.15) is 5.10 Å². The second-order valence-electron chi connectivity index (χ2n) is 4.05. The van der Waals surface area contributed by atoms with E-state index in [0.29, 0.717) is 37.6 Å². The van der Waals surface area contributed by atoms with Gasteiger partial charge in [0.25, 0.3) is 0 Å². The van der Waals surface area contributed by atoms with Gasteiger partial charge in [0.05, 0.1) is 6.61 Å². The van der Waals surface area contributed by atoms with E-state index in [4.69, 9.17) is 4.74 Å². The highest BCUT2D eigenvalue weighted by atomic mass is 16.5. The van der Waals surface area contributed by atoms with Crippen LogP contribution in [0.15, 0.2) is 17.2 Å². The Labute approximate surface area is 114 Å². The van der Waals surface area contributed by atoms with Crippen molar-refractivity contribution in [2.45, 2.75) is 6.42 Å². The summed E-state index contributed by atoms with van der Waals surface area (Å²) in [4.78, 5) is 26.7. The molecule has 2 aromatic heterocycles. The number of anilines is 1. The van der Waals surface area contributed by atoms with Crippen molar-refractivity contribution in [3.05, 3.63) is 22.9 Å². The smallest absolute Gasteiger partial charge is 0.348 e. The lowest BCUT2D eigenvalue weighted by atomic mass is 10.4. The topological polar surface area (TPSA) is 113 Å². The zero-order valence-electron chi connectivity index (χ0n) is 11.0. The number of ether oxygens (including phenoxy) is 1. The Morgan fingerprint density at radius 1 is 1.50 bits per heavy atom. The number of nitrogens with one attached hydrogen (secondary N) is 3. The van der Waals surface area contributed by atoms with Crippen LogP contribution in [0, 0.1) is 0 Å². The summed E-state index contributed by atoms with van der Waals surface area (Å²) in [6.07, 6.45) is 1.70. The molecule has 1 amide bonds. The van der Waals surface area contributed by atoms with Crippen LogP contribution in [-0.2, 0) is 9.53 Å². The highest BCUT2D eigenvalue weighted by molar-refractivity contribution is 5.76. The van der Waals surface area contributed by atoms with Crippen LogP contribution in [0.1, 0.15) is 6.42 Å². The molecule has 2 aromatic rings. The fraction of sp³-hybridized carbons (Fsp3) is 0.455. The van der Waals surface area contributed by atoms with Crippen LogP contribution in [0.4, 0.5) is 5.82 Å². The van der Waals surface area contributed by atoms with Gasteiger partial charge in [0.15, 0.2) is 5.65 Å². The van der Waals surface area contributed by atoms with Crippen molar-refractivity contribution in [2.24, 2.45) is 0 Å². The number of hydrogen-bond donors (Lipinski definition) is 3. The summed E-state index contributed by atoms with van der Waals surface area (Å²) in [5.74, 6) is 0.493. The number of fused-ring (bicyclic) bond motifs is 1. The van der Waals surface area contributed by atoms with E-state index in [2.05, 4.69) is 25.8 Å².